The molecule has 0 amide bonds. The first-order chi connectivity index (χ1) is 23.2. The predicted molar refractivity (Wildman–Crippen MR) is 188 cm³/mol. The van der Waals surface area contributed by atoms with Crippen molar-refractivity contribution in [3.63, 3.8) is 0 Å². The largest absolute Gasteiger partial charge is 0.381 e. The zero-order valence-corrected chi connectivity index (χ0v) is 26.3. The summed E-state index contributed by atoms with van der Waals surface area (Å²) in [6.45, 7) is 2.26. The van der Waals surface area contributed by atoms with Crippen LogP contribution in [0.5, 0.6) is 0 Å². The molecule has 0 saturated heterocycles. The van der Waals surface area contributed by atoms with E-state index < -0.39 is 0 Å². The summed E-state index contributed by atoms with van der Waals surface area (Å²) < 4.78 is 7.30. The Bertz CT molecular complexity index is 2310. The van der Waals surface area contributed by atoms with Crippen molar-refractivity contribution in [2.45, 2.75) is 19.5 Å². The first-order valence-corrected chi connectivity index (χ1v) is 16.3. The zero-order chi connectivity index (χ0) is 31.3. The second kappa shape index (κ2) is 11.1. The van der Waals surface area contributed by atoms with Gasteiger partial charge in [0.25, 0.3) is 0 Å². The van der Waals surface area contributed by atoms with Gasteiger partial charge in [0.2, 0.25) is 17.1 Å². The Morgan fingerprint density at radius 1 is 0.574 bits per heavy atom. The van der Waals surface area contributed by atoms with Crippen LogP contribution in [0.25, 0.3) is 56.7 Å². The molecule has 9 rings (SSSR count). The van der Waals surface area contributed by atoms with Crippen molar-refractivity contribution >= 4 is 11.8 Å². The molecule has 4 aromatic carbocycles. The normalized spacial score (nSPS) is 15.1. The Kier molecular flexibility index (Phi) is 6.50. The van der Waals surface area contributed by atoms with Gasteiger partial charge in [0.1, 0.15) is 5.56 Å². The third-order valence-electron chi connectivity index (χ3n) is 9.69. The highest BCUT2D eigenvalue weighted by Gasteiger charge is 2.45. The van der Waals surface area contributed by atoms with Crippen molar-refractivity contribution in [3.05, 3.63) is 186 Å². The van der Waals surface area contributed by atoms with E-state index in [1.807, 2.05) is 0 Å². The second-order valence-corrected chi connectivity index (χ2v) is 12.5. The number of fused-ring (bicyclic) bond motifs is 6. The number of nitrogens with zero attached hydrogens (tertiary/aromatic N) is 3. The highest BCUT2D eigenvalue weighted by Crippen LogP contribution is 2.36. The average molecular weight is 605 g/mol. The molecule has 2 aliphatic rings. The first-order valence-electron chi connectivity index (χ1n) is 16.3. The molecule has 0 spiro atoms. The van der Waals surface area contributed by atoms with Gasteiger partial charge in [-0.2, -0.15) is 4.57 Å². The van der Waals surface area contributed by atoms with Gasteiger partial charge in [0.05, 0.1) is 23.1 Å². The molecule has 0 saturated carbocycles. The molecule has 0 N–H and O–H groups in total. The molecule has 1 unspecified atom stereocenters. The Hall–Kier alpha value is -5.93. The molecule has 3 nitrogen and oxygen atoms in total. The van der Waals surface area contributed by atoms with E-state index in [2.05, 4.69) is 191 Å². The molecule has 47 heavy (non-hydrogen) atoms. The van der Waals surface area contributed by atoms with E-state index in [0.717, 1.165) is 6.42 Å². The summed E-state index contributed by atoms with van der Waals surface area (Å²) in [4.78, 5) is 0. The van der Waals surface area contributed by atoms with Crippen molar-refractivity contribution in [1.82, 2.24) is 0 Å². The molecule has 1 atom stereocenters. The van der Waals surface area contributed by atoms with Gasteiger partial charge in [-0.15, -0.1) is 9.13 Å². The van der Waals surface area contributed by atoms with Crippen LogP contribution in [0.15, 0.2) is 164 Å². The van der Waals surface area contributed by atoms with Crippen LogP contribution in [0.3, 0.4) is 0 Å². The van der Waals surface area contributed by atoms with Gasteiger partial charge in [-0.05, 0) is 66.1 Å². The minimum absolute atomic E-state index is 0.0304. The van der Waals surface area contributed by atoms with Crippen molar-refractivity contribution in [2.24, 2.45) is 0 Å². The highest BCUT2D eigenvalue weighted by molar-refractivity contribution is 5.82. The van der Waals surface area contributed by atoms with Gasteiger partial charge in [0, 0.05) is 41.5 Å². The SMILES string of the molecule is Cc1cc(-c2ccccc2)c[n+](C2c3ccccc3-c3cccc[n+]32)c1-c1ccccc1/C=C1\Cc2ccccc2-c2cccc[n+]21. The van der Waals surface area contributed by atoms with E-state index in [4.69, 9.17) is 0 Å². The van der Waals surface area contributed by atoms with E-state index >= 15 is 0 Å². The topological polar surface area (TPSA) is 11.6 Å². The summed E-state index contributed by atoms with van der Waals surface area (Å²) in [7, 11) is 0. The number of pyridine rings is 3. The Labute approximate surface area is 275 Å². The molecule has 3 aromatic heterocycles. The number of aromatic nitrogens is 3. The molecule has 3 heteroatoms. The van der Waals surface area contributed by atoms with E-state index in [1.54, 1.807) is 0 Å². The second-order valence-electron chi connectivity index (χ2n) is 12.5. The highest BCUT2D eigenvalue weighted by atomic mass is 15.2. The van der Waals surface area contributed by atoms with Gasteiger partial charge in [-0.25, -0.2) is 0 Å². The molecular weight excluding hydrogens is 571 g/mol. The van der Waals surface area contributed by atoms with Crippen LogP contribution >= 0.6 is 0 Å². The van der Waals surface area contributed by atoms with Gasteiger partial charge in [-0.3, -0.25) is 0 Å². The van der Waals surface area contributed by atoms with Crippen molar-refractivity contribution in [1.29, 1.82) is 0 Å². The molecule has 222 valence electrons. The van der Waals surface area contributed by atoms with Crippen LogP contribution in [0.4, 0.5) is 0 Å². The molecule has 7 aromatic rings. The number of benzene rings is 4. The lowest BCUT2D eigenvalue weighted by Gasteiger charge is -2.17. The summed E-state index contributed by atoms with van der Waals surface area (Å²) in [6, 6.07) is 52.6. The van der Waals surface area contributed by atoms with Crippen molar-refractivity contribution in [3.8, 4) is 44.9 Å². The lowest BCUT2D eigenvalue weighted by atomic mass is 9.92. The maximum Gasteiger partial charge on any atom is 0.381 e. The molecule has 0 bridgehead atoms. The van der Waals surface area contributed by atoms with Crippen LogP contribution in [0.1, 0.15) is 28.4 Å². The molecule has 0 radical (unpaired) electrons. The zero-order valence-electron chi connectivity index (χ0n) is 26.3. The quantitative estimate of drug-likeness (QED) is 0.179. The summed E-state index contributed by atoms with van der Waals surface area (Å²) in [5, 5.41) is 0. The van der Waals surface area contributed by atoms with Crippen molar-refractivity contribution in [2.75, 3.05) is 0 Å². The standard InChI is InChI=1S/C44H34N3/c1-31-27-35(32-15-3-2-4-16-32)30-47(44-40-22-10-9-21-39(40)42-24-12-14-26-46(42)44)43(31)38-20-8-6-18-34(38)29-36-28-33-17-5-7-19-37(33)41-23-11-13-25-45(36)41/h2-27,29-30,44H,28H2,1H3/q+3/b36-29+. The monoisotopic (exact) mass is 604 g/mol. The van der Waals surface area contributed by atoms with Gasteiger partial charge >= 0.3 is 6.17 Å². The minimum Gasteiger partial charge on any atom is -0.164 e. The maximum atomic E-state index is 2.52. The first kappa shape index (κ1) is 27.4. The molecule has 0 fully saturated rings. The van der Waals surface area contributed by atoms with Crippen LogP contribution in [0, 0.1) is 6.92 Å². The fraction of sp³-hybridized carbons (Fsp3) is 0.0682. The smallest absolute Gasteiger partial charge is 0.164 e. The number of hydrogen-bond acceptors (Lipinski definition) is 0. The molecule has 5 heterocycles. The number of allylic oxidation sites excluding steroid dienone is 1. The third-order valence-corrected chi connectivity index (χ3v) is 9.69. The summed E-state index contributed by atoms with van der Waals surface area (Å²) in [5.74, 6) is 0. The molecule has 0 aliphatic carbocycles. The van der Waals surface area contributed by atoms with E-state index in [9.17, 15) is 0 Å². The number of hydrogen-bond donors (Lipinski definition) is 0. The lowest BCUT2D eigenvalue weighted by Crippen LogP contribution is -2.57. The van der Waals surface area contributed by atoms with Gasteiger partial charge in [0.15, 0.2) is 24.3 Å². The summed E-state index contributed by atoms with van der Waals surface area (Å²) >= 11 is 0. The van der Waals surface area contributed by atoms with Crippen LogP contribution < -0.4 is 13.7 Å². The van der Waals surface area contributed by atoms with Gasteiger partial charge < -0.3 is 0 Å². The summed E-state index contributed by atoms with van der Waals surface area (Å²) in [5.41, 5.74) is 16.3. The van der Waals surface area contributed by atoms with E-state index in [1.165, 1.54) is 72.8 Å². The number of rotatable bonds is 4. The van der Waals surface area contributed by atoms with Crippen LogP contribution in [-0.4, -0.2) is 0 Å². The van der Waals surface area contributed by atoms with Crippen molar-refractivity contribution < 1.29 is 13.7 Å². The van der Waals surface area contributed by atoms with E-state index in [-0.39, 0.29) is 6.17 Å². The Morgan fingerprint density at radius 2 is 1.26 bits per heavy atom. The van der Waals surface area contributed by atoms with Gasteiger partial charge in [-0.1, -0.05) is 78.9 Å². The Balaban J connectivity index is 1.29. The number of aryl methyl sites for hydroxylation is 1. The minimum atomic E-state index is -0.0304. The lowest BCUT2D eigenvalue weighted by molar-refractivity contribution is -0.920. The Morgan fingerprint density at radius 3 is 2.13 bits per heavy atom. The predicted octanol–water partition coefficient (Wildman–Crippen LogP) is 8.49. The summed E-state index contributed by atoms with van der Waals surface area (Å²) in [6.07, 6.45) is 10.0. The fourth-order valence-electron chi connectivity index (χ4n) is 7.63. The third kappa shape index (κ3) is 4.54. The average Bonchev–Trinajstić information content (AvgIpc) is 3.46. The maximum absolute atomic E-state index is 2.52. The molecular formula is C44H34N3+3. The van der Waals surface area contributed by atoms with Crippen LogP contribution in [0.2, 0.25) is 0 Å². The van der Waals surface area contributed by atoms with Crippen LogP contribution in [-0.2, 0) is 6.42 Å². The fourth-order valence-corrected chi connectivity index (χ4v) is 7.63. The van der Waals surface area contributed by atoms with E-state index in [0.29, 0.717) is 0 Å². The molecule has 2 aliphatic heterocycles.